The van der Waals surface area contributed by atoms with E-state index in [1.165, 1.54) is 0 Å². The number of rotatable bonds is 14. The van der Waals surface area contributed by atoms with Crippen LogP contribution in [0.15, 0.2) is 140 Å². The maximum absolute atomic E-state index is 17.3. The van der Waals surface area contributed by atoms with Crippen LogP contribution in [0.5, 0.6) is 11.8 Å². The SMILES string of the molecule is Cc1c(F)cc2nn(C(c3ccccc3)(c3ccccc3)c3ccccc3)cc2c1-c1c(C2CC2)cc2c(N3C[C@@H]4C[C@H]3CN4C(=O)OC(C)(C)C)nc(OC[C@H](C)N3CCOCC3)nc2c1OCc1ccccc1. The summed E-state index contributed by atoms with van der Waals surface area (Å²) in [6.45, 7) is 14.3. The summed E-state index contributed by atoms with van der Waals surface area (Å²) in [7, 11) is 0. The van der Waals surface area contributed by atoms with E-state index in [4.69, 9.17) is 34.0 Å². The highest BCUT2D eigenvalue weighted by atomic mass is 19.1. The van der Waals surface area contributed by atoms with E-state index in [0.29, 0.717) is 60.8 Å². The number of aromatic nitrogens is 4. The van der Waals surface area contributed by atoms with Gasteiger partial charge in [-0.1, -0.05) is 121 Å². The van der Waals surface area contributed by atoms with Gasteiger partial charge in [-0.2, -0.15) is 15.1 Å². The fraction of sp³-hybridized carbons (Fsp3) is 0.355. The molecular weight excluding hydrogens is 942 g/mol. The molecule has 2 aromatic heterocycles. The highest BCUT2D eigenvalue weighted by Gasteiger charge is 2.48. The van der Waals surface area contributed by atoms with Gasteiger partial charge in [-0.05, 0) is 99.2 Å². The van der Waals surface area contributed by atoms with Crippen molar-refractivity contribution in [1.82, 2.24) is 29.5 Å². The van der Waals surface area contributed by atoms with Crippen molar-refractivity contribution in [2.75, 3.05) is 50.9 Å². The molecule has 0 radical (unpaired) electrons. The number of piperazine rings is 1. The molecule has 75 heavy (non-hydrogen) atoms. The third kappa shape index (κ3) is 9.13. The molecule has 8 aromatic rings. The van der Waals surface area contributed by atoms with Crippen LogP contribution >= 0.6 is 0 Å². The van der Waals surface area contributed by atoms with Gasteiger partial charge in [0.2, 0.25) is 0 Å². The molecule has 12 rings (SSSR count). The number of morpholine rings is 1. The summed E-state index contributed by atoms with van der Waals surface area (Å²) in [5, 5.41) is 7.05. The third-order valence-corrected chi connectivity index (χ3v) is 15.6. The smallest absolute Gasteiger partial charge is 0.410 e. The van der Waals surface area contributed by atoms with E-state index < -0.39 is 11.1 Å². The molecular formula is C62H64FN7O5. The predicted octanol–water partition coefficient (Wildman–Crippen LogP) is 11.7. The van der Waals surface area contributed by atoms with Crippen LogP contribution in [0.1, 0.15) is 86.3 Å². The predicted molar refractivity (Wildman–Crippen MR) is 290 cm³/mol. The molecule has 13 heteroatoms. The van der Waals surface area contributed by atoms with Crippen LogP contribution in [0.4, 0.5) is 15.0 Å². The molecule has 4 fully saturated rings. The van der Waals surface area contributed by atoms with Gasteiger partial charge in [0.15, 0.2) is 5.75 Å². The molecule has 4 aliphatic rings. The van der Waals surface area contributed by atoms with Crippen molar-refractivity contribution in [3.05, 3.63) is 179 Å². The first-order valence-electron chi connectivity index (χ1n) is 26.6. The number of carbonyl (C=O) groups excluding carboxylic acids is 1. The van der Waals surface area contributed by atoms with Crippen LogP contribution in [0, 0.1) is 12.7 Å². The van der Waals surface area contributed by atoms with E-state index >= 15 is 4.39 Å². The largest absolute Gasteiger partial charge is 0.486 e. The second-order valence-corrected chi connectivity index (χ2v) is 21.8. The molecule has 3 saturated heterocycles. The van der Waals surface area contributed by atoms with Crippen molar-refractivity contribution in [3.8, 4) is 22.9 Å². The molecule has 0 unspecified atom stereocenters. The number of halogens is 1. The highest BCUT2D eigenvalue weighted by Crippen LogP contribution is 2.54. The molecule has 3 aliphatic heterocycles. The van der Waals surface area contributed by atoms with Gasteiger partial charge in [0.25, 0.3) is 0 Å². The lowest BCUT2D eigenvalue weighted by Crippen LogP contribution is -2.50. The van der Waals surface area contributed by atoms with Crippen LogP contribution in [-0.4, -0.2) is 105 Å². The van der Waals surface area contributed by atoms with Crippen LogP contribution < -0.4 is 14.4 Å². The molecule has 3 atom stereocenters. The van der Waals surface area contributed by atoms with Gasteiger partial charge in [0, 0.05) is 66.4 Å². The molecule has 6 aromatic carbocycles. The molecule has 0 N–H and O–H groups in total. The van der Waals surface area contributed by atoms with E-state index in [1.54, 1.807) is 6.07 Å². The average Bonchev–Trinajstić information content (AvgIpc) is 3.93. The summed E-state index contributed by atoms with van der Waals surface area (Å²) in [4.78, 5) is 30.8. The van der Waals surface area contributed by atoms with Crippen LogP contribution in [-0.2, 0) is 21.6 Å². The maximum atomic E-state index is 17.3. The number of carbonyl (C=O) groups is 1. The summed E-state index contributed by atoms with van der Waals surface area (Å²) < 4.78 is 44.9. The van der Waals surface area contributed by atoms with Gasteiger partial charge in [0.1, 0.15) is 41.5 Å². The summed E-state index contributed by atoms with van der Waals surface area (Å²) in [6, 6.07) is 45.4. The Morgan fingerprint density at radius 2 is 1.40 bits per heavy atom. The molecule has 12 nitrogen and oxygen atoms in total. The number of nitrogens with zero attached hydrogens (tertiary/aromatic N) is 7. The van der Waals surface area contributed by atoms with E-state index in [0.717, 1.165) is 82.3 Å². The van der Waals surface area contributed by atoms with Gasteiger partial charge >= 0.3 is 12.1 Å². The molecule has 1 amide bonds. The van der Waals surface area contributed by atoms with Crippen molar-refractivity contribution in [2.45, 2.75) is 95.7 Å². The van der Waals surface area contributed by atoms with E-state index in [2.05, 4.69) is 114 Å². The topological polar surface area (TPSA) is 107 Å². The molecule has 0 spiro atoms. The van der Waals surface area contributed by atoms with Crippen molar-refractivity contribution in [3.63, 3.8) is 0 Å². The zero-order chi connectivity index (χ0) is 51.4. The van der Waals surface area contributed by atoms with E-state index in [-0.39, 0.29) is 48.6 Å². The number of ether oxygens (including phenoxy) is 4. The van der Waals surface area contributed by atoms with Gasteiger partial charge in [-0.15, -0.1) is 0 Å². The second-order valence-electron chi connectivity index (χ2n) is 21.8. The quantitative estimate of drug-likeness (QED) is 0.0977. The first-order chi connectivity index (χ1) is 36.4. The molecule has 384 valence electrons. The molecule has 2 bridgehead atoms. The maximum Gasteiger partial charge on any atom is 0.410 e. The van der Waals surface area contributed by atoms with Crippen LogP contribution in [0.25, 0.3) is 32.9 Å². The monoisotopic (exact) mass is 1010 g/mol. The number of fused-ring (bicyclic) bond motifs is 4. The minimum absolute atomic E-state index is 0.0199. The highest BCUT2D eigenvalue weighted by molar-refractivity contribution is 6.06. The minimum Gasteiger partial charge on any atom is -0.486 e. The first kappa shape index (κ1) is 48.6. The zero-order valence-electron chi connectivity index (χ0n) is 43.4. The Labute approximate surface area is 438 Å². The van der Waals surface area contributed by atoms with E-state index in [1.807, 2.05) is 73.7 Å². The fourth-order valence-corrected chi connectivity index (χ4v) is 11.8. The van der Waals surface area contributed by atoms with Gasteiger partial charge in [-0.25, -0.2) is 9.18 Å². The average molecular weight is 1010 g/mol. The number of benzene rings is 6. The Balaban J connectivity index is 1.09. The Bertz CT molecular complexity index is 3260. The molecule has 1 saturated carbocycles. The van der Waals surface area contributed by atoms with Crippen molar-refractivity contribution < 1.29 is 28.1 Å². The fourth-order valence-electron chi connectivity index (χ4n) is 11.8. The Kier molecular flexibility index (Phi) is 12.8. The molecule has 1 aliphatic carbocycles. The second kappa shape index (κ2) is 19.7. The number of anilines is 1. The summed E-state index contributed by atoms with van der Waals surface area (Å²) in [5.74, 6) is 1.08. The van der Waals surface area contributed by atoms with Crippen molar-refractivity contribution >= 4 is 33.7 Å². The zero-order valence-corrected chi connectivity index (χ0v) is 43.4. The summed E-state index contributed by atoms with van der Waals surface area (Å²) >= 11 is 0. The Morgan fingerprint density at radius 1 is 0.773 bits per heavy atom. The van der Waals surface area contributed by atoms with E-state index in [9.17, 15) is 4.79 Å². The number of hydrogen-bond acceptors (Lipinski definition) is 10. The third-order valence-electron chi connectivity index (χ3n) is 15.6. The van der Waals surface area contributed by atoms with Crippen molar-refractivity contribution in [1.29, 1.82) is 0 Å². The van der Waals surface area contributed by atoms with Gasteiger partial charge < -0.3 is 28.7 Å². The van der Waals surface area contributed by atoms with Crippen molar-refractivity contribution in [2.24, 2.45) is 0 Å². The lowest BCUT2D eigenvalue weighted by molar-refractivity contribution is 0.00973. The standard InChI is InChI=1S/C62H64FN7O5/c1-40(67-28-30-72-31-29-67)38-74-59-64-56-50(58(65-59)68-35-48-32-47(68)36-69(48)60(71)75-61(3,4)5)33-49(43-26-27-43)55(57(56)73-39-42-18-10-6-11-19-42)54-41(2)52(63)34-53-51(54)37-70(66-53)62(44-20-12-7-13-21-44,45-22-14-8-15-23-45)46-24-16-9-17-25-46/h6-25,33-34,37,40,43,47-48H,26-32,35-36,38-39H2,1-5H3/t40-,47-,48-/m0/s1. The Hall–Kier alpha value is -7.35. The number of likely N-dealkylation sites (tertiary alicyclic amines) is 1. The summed E-state index contributed by atoms with van der Waals surface area (Å²) in [5.41, 5.74) is 6.58. The lowest BCUT2D eigenvalue weighted by Gasteiger charge is -2.36. The van der Waals surface area contributed by atoms with Gasteiger partial charge in [-0.3, -0.25) is 9.58 Å². The molecule has 5 heterocycles. The van der Waals surface area contributed by atoms with Crippen LogP contribution in [0.3, 0.4) is 0 Å². The summed E-state index contributed by atoms with van der Waals surface area (Å²) in [6.07, 6.45) is 4.51. The van der Waals surface area contributed by atoms with Gasteiger partial charge in [0.05, 0.1) is 30.8 Å². The van der Waals surface area contributed by atoms with Crippen LogP contribution in [0.2, 0.25) is 0 Å². The number of hydrogen-bond donors (Lipinski definition) is 0. The number of amides is 1. The first-order valence-corrected chi connectivity index (χ1v) is 26.6. The lowest BCUT2D eigenvalue weighted by atomic mass is 9.77. The normalized spacial score (nSPS) is 18.5. The Morgan fingerprint density at radius 3 is 1.99 bits per heavy atom. The minimum atomic E-state index is -0.944.